The number of carbonyl (C=O) groups is 2. The molecule has 0 N–H and O–H groups in total. The van der Waals surface area contributed by atoms with Gasteiger partial charge in [-0.25, -0.2) is 0 Å². The molecule has 0 bridgehead atoms. The first-order valence-corrected chi connectivity index (χ1v) is 6.12. The van der Waals surface area contributed by atoms with Crippen molar-refractivity contribution in [1.29, 1.82) is 0 Å². The zero-order chi connectivity index (χ0) is 12.7. The second-order valence-electron chi connectivity index (χ2n) is 4.49. The Bertz CT molecular complexity index is 235. The van der Waals surface area contributed by atoms with Crippen molar-refractivity contribution >= 4 is 11.8 Å². The van der Waals surface area contributed by atoms with Gasteiger partial charge in [0.2, 0.25) is 0 Å². The summed E-state index contributed by atoms with van der Waals surface area (Å²) in [6.07, 6.45) is 2.11. The van der Waals surface area contributed by atoms with Gasteiger partial charge in [0.15, 0.2) is 0 Å². The Labute approximate surface area is 98.6 Å². The molecule has 16 heavy (non-hydrogen) atoms. The van der Waals surface area contributed by atoms with Gasteiger partial charge in [0, 0.05) is 19.3 Å². The molecule has 3 nitrogen and oxygen atoms in total. The highest BCUT2D eigenvalue weighted by Gasteiger charge is 2.22. The number of hydrogen-bond acceptors (Lipinski definition) is 3. The van der Waals surface area contributed by atoms with Gasteiger partial charge in [0.25, 0.3) is 0 Å². The molecule has 94 valence electrons. The van der Waals surface area contributed by atoms with E-state index in [0.29, 0.717) is 6.42 Å². The van der Waals surface area contributed by atoms with Crippen LogP contribution in [0.15, 0.2) is 0 Å². The van der Waals surface area contributed by atoms with Gasteiger partial charge in [0.1, 0.15) is 11.9 Å². The first kappa shape index (κ1) is 15.1. The van der Waals surface area contributed by atoms with Gasteiger partial charge in [-0.3, -0.25) is 9.59 Å². The van der Waals surface area contributed by atoms with Crippen LogP contribution < -0.4 is 0 Å². The maximum Gasteiger partial charge on any atom is 0.302 e. The van der Waals surface area contributed by atoms with Gasteiger partial charge < -0.3 is 4.74 Å². The average molecular weight is 228 g/mol. The number of hydrogen-bond donors (Lipinski definition) is 0. The molecular formula is C13H24O3. The van der Waals surface area contributed by atoms with E-state index in [-0.39, 0.29) is 29.7 Å². The predicted octanol–water partition coefficient (Wildman–Crippen LogP) is 2.97. The molecule has 0 aromatic carbocycles. The maximum atomic E-state index is 11.5. The van der Waals surface area contributed by atoms with Crippen molar-refractivity contribution in [3.8, 4) is 0 Å². The lowest BCUT2D eigenvalue weighted by Crippen LogP contribution is -2.26. The van der Waals surface area contributed by atoms with Crippen molar-refractivity contribution in [1.82, 2.24) is 0 Å². The van der Waals surface area contributed by atoms with E-state index in [4.69, 9.17) is 4.74 Å². The summed E-state index contributed by atoms with van der Waals surface area (Å²) in [7, 11) is 0. The van der Waals surface area contributed by atoms with Crippen molar-refractivity contribution in [2.24, 2.45) is 11.8 Å². The van der Waals surface area contributed by atoms with Crippen LogP contribution in [0.3, 0.4) is 0 Å². The number of Topliss-reactive ketones (excluding diaryl/α,β-unsaturated/α-hetero) is 1. The number of ether oxygens (including phenoxy) is 1. The molecule has 0 aliphatic rings. The molecule has 0 rings (SSSR count). The molecule has 3 heteroatoms. The zero-order valence-corrected chi connectivity index (χ0v) is 11.1. The second-order valence-corrected chi connectivity index (χ2v) is 4.49. The molecule has 0 saturated carbocycles. The van der Waals surface area contributed by atoms with E-state index < -0.39 is 0 Å². The molecule has 0 saturated heterocycles. The predicted molar refractivity (Wildman–Crippen MR) is 64.1 cm³/mol. The van der Waals surface area contributed by atoms with Gasteiger partial charge in [0.05, 0.1) is 0 Å². The van der Waals surface area contributed by atoms with Crippen LogP contribution in [-0.4, -0.2) is 17.9 Å². The minimum atomic E-state index is -0.242. The van der Waals surface area contributed by atoms with Crippen LogP contribution in [0.25, 0.3) is 0 Å². The lowest BCUT2D eigenvalue weighted by atomic mass is 9.88. The van der Waals surface area contributed by atoms with E-state index in [1.54, 1.807) is 0 Å². The molecular weight excluding hydrogens is 204 g/mol. The van der Waals surface area contributed by atoms with Crippen molar-refractivity contribution in [2.45, 2.75) is 60.0 Å². The molecule has 0 aromatic rings. The first-order chi connectivity index (χ1) is 7.42. The summed E-state index contributed by atoms with van der Waals surface area (Å²) in [4.78, 5) is 22.4. The van der Waals surface area contributed by atoms with Crippen LogP contribution in [0.2, 0.25) is 0 Å². The van der Waals surface area contributed by atoms with Gasteiger partial charge in [-0.15, -0.1) is 0 Å². The Balaban J connectivity index is 4.24. The lowest BCUT2D eigenvalue weighted by molar-refractivity contribution is -0.149. The Morgan fingerprint density at radius 1 is 1.19 bits per heavy atom. The summed E-state index contributed by atoms with van der Waals surface area (Å²) in [6, 6.07) is 0. The van der Waals surface area contributed by atoms with Crippen LogP contribution >= 0.6 is 0 Å². The van der Waals surface area contributed by atoms with E-state index in [1.165, 1.54) is 6.92 Å². The zero-order valence-electron chi connectivity index (χ0n) is 11.1. The number of ketones is 1. The molecule has 0 amide bonds. The largest absolute Gasteiger partial charge is 0.462 e. The average Bonchev–Trinajstić information content (AvgIpc) is 2.23. The van der Waals surface area contributed by atoms with Crippen molar-refractivity contribution in [3.63, 3.8) is 0 Å². The smallest absolute Gasteiger partial charge is 0.302 e. The van der Waals surface area contributed by atoms with E-state index in [9.17, 15) is 9.59 Å². The molecule has 0 radical (unpaired) electrons. The molecule has 3 atom stereocenters. The van der Waals surface area contributed by atoms with E-state index in [0.717, 1.165) is 12.8 Å². The minimum absolute atomic E-state index is 0.0598. The van der Waals surface area contributed by atoms with Crippen molar-refractivity contribution < 1.29 is 14.3 Å². The Morgan fingerprint density at radius 3 is 2.12 bits per heavy atom. The van der Waals surface area contributed by atoms with Crippen LogP contribution in [-0.2, 0) is 14.3 Å². The fourth-order valence-electron chi connectivity index (χ4n) is 2.00. The van der Waals surface area contributed by atoms with Crippen LogP contribution in [0.1, 0.15) is 53.9 Å². The fourth-order valence-corrected chi connectivity index (χ4v) is 2.00. The molecule has 0 spiro atoms. The second kappa shape index (κ2) is 7.42. The Hall–Kier alpha value is -0.860. The summed E-state index contributed by atoms with van der Waals surface area (Å²) in [5.41, 5.74) is 0. The maximum absolute atomic E-state index is 11.5. The summed E-state index contributed by atoms with van der Waals surface area (Å²) < 4.78 is 5.23. The molecule has 0 aliphatic carbocycles. The monoisotopic (exact) mass is 228 g/mol. The number of esters is 1. The van der Waals surface area contributed by atoms with E-state index in [2.05, 4.69) is 0 Å². The highest BCUT2D eigenvalue weighted by atomic mass is 16.5. The van der Waals surface area contributed by atoms with Crippen LogP contribution in [0, 0.1) is 11.8 Å². The van der Waals surface area contributed by atoms with Crippen LogP contribution in [0.4, 0.5) is 0 Å². The summed E-state index contributed by atoms with van der Waals surface area (Å²) in [6.45, 7) is 9.29. The third-order valence-corrected chi connectivity index (χ3v) is 2.98. The molecule has 0 fully saturated rings. The standard InChI is InChI=1S/C13H24O3/c1-6-12(15)9(3)8-10(4)13(7-2)16-11(5)14/h9-10,13H,6-8H2,1-5H3/t9-,10-,13-/m0/s1. The normalized spacial score (nSPS) is 16.3. The topological polar surface area (TPSA) is 43.4 Å². The SMILES string of the molecule is CCC(=O)[C@@H](C)C[C@H](C)[C@H](CC)OC(C)=O. The third-order valence-electron chi connectivity index (χ3n) is 2.98. The molecule has 0 aromatic heterocycles. The van der Waals surface area contributed by atoms with Crippen molar-refractivity contribution in [2.75, 3.05) is 0 Å². The Morgan fingerprint density at radius 2 is 1.75 bits per heavy atom. The van der Waals surface area contributed by atoms with Gasteiger partial charge in [-0.1, -0.05) is 27.7 Å². The fraction of sp³-hybridized carbons (Fsp3) is 0.846. The minimum Gasteiger partial charge on any atom is -0.462 e. The van der Waals surface area contributed by atoms with Gasteiger partial charge >= 0.3 is 5.97 Å². The van der Waals surface area contributed by atoms with E-state index in [1.807, 2.05) is 27.7 Å². The summed E-state index contributed by atoms with van der Waals surface area (Å²) in [5, 5.41) is 0. The first-order valence-electron chi connectivity index (χ1n) is 6.12. The van der Waals surface area contributed by atoms with Crippen LogP contribution in [0.5, 0.6) is 0 Å². The van der Waals surface area contributed by atoms with Gasteiger partial charge in [-0.05, 0) is 18.8 Å². The summed E-state index contributed by atoms with van der Waals surface area (Å²) >= 11 is 0. The third kappa shape index (κ3) is 5.29. The molecule has 0 unspecified atom stereocenters. The number of carbonyl (C=O) groups excluding carboxylic acids is 2. The molecule has 0 aliphatic heterocycles. The lowest BCUT2D eigenvalue weighted by Gasteiger charge is -2.24. The number of rotatable bonds is 7. The highest BCUT2D eigenvalue weighted by molar-refractivity contribution is 5.80. The molecule has 0 heterocycles. The highest BCUT2D eigenvalue weighted by Crippen LogP contribution is 2.21. The van der Waals surface area contributed by atoms with E-state index >= 15 is 0 Å². The quantitative estimate of drug-likeness (QED) is 0.629. The van der Waals surface area contributed by atoms with Crippen molar-refractivity contribution in [3.05, 3.63) is 0 Å². The Kier molecular flexibility index (Phi) is 7.02. The van der Waals surface area contributed by atoms with Gasteiger partial charge in [-0.2, -0.15) is 0 Å². The summed E-state index contributed by atoms with van der Waals surface area (Å²) in [5.74, 6) is 0.335.